The smallest absolute Gasteiger partial charge is 0.251 e. The van der Waals surface area contributed by atoms with Crippen molar-refractivity contribution in [2.24, 2.45) is 0 Å². The lowest BCUT2D eigenvalue weighted by Gasteiger charge is -2.06. The molecule has 0 aliphatic heterocycles. The van der Waals surface area contributed by atoms with E-state index < -0.39 is 0 Å². The largest absolute Gasteiger partial charge is 0.496 e. The number of aromatic nitrogens is 1. The molecule has 1 N–H and O–H groups in total. The van der Waals surface area contributed by atoms with E-state index in [0.29, 0.717) is 5.56 Å². The Kier molecular flexibility index (Phi) is 2.52. The number of H-pyrrole nitrogens is 1. The fourth-order valence-corrected chi connectivity index (χ4v) is 1.95. The van der Waals surface area contributed by atoms with Crippen molar-refractivity contribution in [1.29, 1.82) is 0 Å². The molecule has 0 fully saturated rings. The number of fused-ring (bicyclic) bond motifs is 1. The molecule has 4 heteroatoms. The molecule has 0 aliphatic rings. The van der Waals surface area contributed by atoms with Crippen LogP contribution in [-0.2, 0) is 0 Å². The van der Waals surface area contributed by atoms with Gasteiger partial charge in [-0.15, -0.1) is 0 Å². The molecule has 1 aromatic carbocycles. The average molecular weight is 268 g/mol. The number of pyridine rings is 1. The maximum atomic E-state index is 11.4. The quantitative estimate of drug-likeness (QED) is 0.863. The van der Waals surface area contributed by atoms with Crippen LogP contribution in [-0.4, -0.2) is 12.1 Å². The Hall–Kier alpha value is -1.29. The number of aryl methyl sites for hydroxylation is 1. The van der Waals surface area contributed by atoms with Crippen molar-refractivity contribution in [2.45, 2.75) is 6.92 Å². The normalized spacial score (nSPS) is 10.6. The molecule has 2 aromatic rings. The van der Waals surface area contributed by atoms with Crippen LogP contribution in [0.5, 0.6) is 5.75 Å². The molecule has 1 heterocycles. The van der Waals surface area contributed by atoms with Crippen LogP contribution >= 0.6 is 15.9 Å². The molecule has 3 nitrogen and oxygen atoms in total. The molecule has 0 saturated heterocycles. The average Bonchev–Trinajstić information content (AvgIpc) is 2.19. The van der Waals surface area contributed by atoms with Gasteiger partial charge in [-0.25, -0.2) is 0 Å². The van der Waals surface area contributed by atoms with E-state index in [2.05, 4.69) is 20.9 Å². The first-order chi connectivity index (χ1) is 7.11. The highest BCUT2D eigenvalue weighted by molar-refractivity contribution is 9.10. The summed E-state index contributed by atoms with van der Waals surface area (Å²) >= 11 is 3.37. The molecular formula is C11H10BrNO2. The van der Waals surface area contributed by atoms with Gasteiger partial charge in [0.2, 0.25) is 0 Å². The maximum absolute atomic E-state index is 11.4. The molecule has 0 bridgehead atoms. The number of nitrogens with one attached hydrogen (secondary N) is 1. The van der Waals surface area contributed by atoms with Crippen molar-refractivity contribution < 1.29 is 4.74 Å². The van der Waals surface area contributed by atoms with Crippen molar-refractivity contribution in [2.75, 3.05) is 7.11 Å². The van der Waals surface area contributed by atoms with Crippen molar-refractivity contribution in [3.8, 4) is 5.75 Å². The summed E-state index contributed by atoms with van der Waals surface area (Å²) in [6, 6.07) is 5.57. The van der Waals surface area contributed by atoms with Crippen LogP contribution in [0.2, 0.25) is 0 Å². The second kappa shape index (κ2) is 3.70. The SMILES string of the molecule is COc1cc(Br)cc2[nH]c(=O)c(C)cc12. The second-order valence-electron chi connectivity index (χ2n) is 3.35. The Balaban J connectivity index is 2.90. The predicted molar refractivity (Wildman–Crippen MR) is 63.6 cm³/mol. The van der Waals surface area contributed by atoms with Gasteiger partial charge in [-0.3, -0.25) is 4.79 Å². The van der Waals surface area contributed by atoms with E-state index in [9.17, 15) is 4.79 Å². The number of hydrogen-bond acceptors (Lipinski definition) is 2. The molecule has 0 amide bonds. The zero-order valence-corrected chi connectivity index (χ0v) is 10.0. The first-order valence-corrected chi connectivity index (χ1v) is 5.28. The molecule has 0 saturated carbocycles. The van der Waals surface area contributed by atoms with Crippen molar-refractivity contribution in [1.82, 2.24) is 4.98 Å². The van der Waals surface area contributed by atoms with Crippen LogP contribution in [0.3, 0.4) is 0 Å². The minimum absolute atomic E-state index is 0.0670. The van der Waals surface area contributed by atoms with Crippen molar-refractivity contribution in [3.05, 3.63) is 38.6 Å². The first-order valence-electron chi connectivity index (χ1n) is 4.49. The topological polar surface area (TPSA) is 42.1 Å². The van der Waals surface area contributed by atoms with E-state index in [1.165, 1.54) is 0 Å². The maximum Gasteiger partial charge on any atom is 0.251 e. The summed E-state index contributed by atoms with van der Waals surface area (Å²) < 4.78 is 6.13. The van der Waals surface area contributed by atoms with Gasteiger partial charge in [0.05, 0.1) is 12.6 Å². The molecule has 0 unspecified atom stereocenters. The zero-order valence-electron chi connectivity index (χ0n) is 8.43. The fraction of sp³-hybridized carbons (Fsp3) is 0.182. The Labute approximate surface area is 95.2 Å². The van der Waals surface area contributed by atoms with Gasteiger partial charge in [0.25, 0.3) is 5.56 Å². The number of hydrogen-bond donors (Lipinski definition) is 1. The van der Waals surface area contributed by atoms with E-state index in [1.54, 1.807) is 14.0 Å². The summed E-state index contributed by atoms with van der Waals surface area (Å²) in [7, 11) is 1.61. The van der Waals surface area contributed by atoms with E-state index in [1.807, 2.05) is 18.2 Å². The molecule has 0 spiro atoms. The summed E-state index contributed by atoms with van der Waals surface area (Å²) in [5, 5.41) is 0.915. The summed E-state index contributed by atoms with van der Waals surface area (Å²) in [5.74, 6) is 0.749. The third-order valence-corrected chi connectivity index (χ3v) is 2.75. The van der Waals surface area contributed by atoms with E-state index >= 15 is 0 Å². The minimum atomic E-state index is -0.0670. The molecule has 78 valence electrons. The molecular weight excluding hydrogens is 258 g/mol. The lowest BCUT2D eigenvalue weighted by atomic mass is 10.1. The van der Waals surface area contributed by atoms with Crippen LogP contribution in [0.15, 0.2) is 27.5 Å². The second-order valence-corrected chi connectivity index (χ2v) is 4.27. The van der Waals surface area contributed by atoms with Gasteiger partial charge in [0, 0.05) is 15.4 Å². The number of aromatic amines is 1. The van der Waals surface area contributed by atoms with E-state index in [4.69, 9.17) is 4.74 Å². The third kappa shape index (κ3) is 1.77. The molecule has 15 heavy (non-hydrogen) atoms. The Morgan fingerprint density at radius 3 is 2.73 bits per heavy atom. The Bertz CT molecular complexity index is 575. The summed E-state index contributed by atoms with van der Waals surface area (Å²) in [4.78, 5) is 14.2. The molecule has 0 atom stereocenters. The number of benzene rings is 1. The standard InChI is InChI=1S/C11H10BrNO2/c1-6-3-8-9(13-11(6)14)4-7(12)5-10(8)15-2/h3-5H,1-2H3,(H,13,14). The van der Waals surface area contributed by atoms with Gasteiger partial charge in [-0.1, -0.05) is 15.9 Å². The molecule has 0 aliphatic carbocycles. The highest BCUT2D eigenvalue weighted by Crippen LogP contribution is 2.28. The zero-order chi connectivity index (χ0) is 11.0. The lowest BCUT2D eigenvalue weighted by Crippen LogP contribution is -2.08. The van der Waals surface area contributed by atoms with Crippen LogP contribution in [0.25, 0.3) is 10.9 Å². The number of methoxy groups -OCH3 is 1. The highest BCUT2D eigenvalue weighted by Gasteiger charge is 2.05. The van der Waals surface area contributed by atoms with Crippen LogP contribution in [0, 0.1) is 6.92 Å². The molecule has 2 rings (SSSR count). The van der Waals surface area contributed by atoms with Crippen LogP contribution < -0.4 is 10.3 Å². The number of halogens is 1. The monoisotopic (exact) mass is 267 g/mol. The van der Waals surface area contributed by atoms with Gasteiger partial charge in [-0.05, 0) is 25.1 Å². The first kappa shape index (κ1) is 10.2. The number of ether oxygens (including phenoxy) is 1. The molecule has 0 radical (unpaired) electrons. The van der Waals surface area contributed by atoms with E-state index in [-0.39, 0.29) is 5.56 Å². The summed E-state index contributed by atoms with van der Waals surface area (Å²) in [5.41, 5.74) is 1.39. The van der Waals surface area contributed by atoms with Gasteiger partial charge < -0.3 is 9.72 Å². The Morgan fingerprint density at radius 2 is 2.07 bits per heavy atom. The van der Waals surface area contributed by atoms with Crippen LogP contribution in [0.4, 0.5) is 0 Å². The highest BCUT2D eigenvalue weighted by atomic mass is 79.9. The number of rotatable bonds is 1. The fourth-order valence-electron chi connectivity index (χ4n) is 1.52. The Morgan fingerprint density at radius 1 is 1.33 bits per heavy atom. The van der Waals surface area contributed by atoms with Gasteiger partial charge in [0.15, 0.2) is 0 Å². The van der Waals surface area contributed by atoms with Gasteiger partial charge in [-0.2, -0.15) is 0 Å². The summed E-state index contributed by atoms with van der Waals surface area (Å²) in [6.07, 6.45) is 0. The summed E-state index contributed by atoms with van der Waals surface area (Å²) in [6.45, 7) is 1.78. The lowest BCUT2D eigenvalue weighted by molar-refractivity contribution is 0.419. The van der Waals surface area contributed by atoms with Crippen molar-refractivity contribution >= 4 is 26.8 Å². The molecule has 1 aromatic heterocycles. The predicted octanol–water partition coefficient (Wildman–Crippen LogP) is 2.61. The third-order valence-electron chi connectivity index (χ3n) is 2.29. The minimum Gasteiger partial charge on any atom is -0.496 e. The van der Waals surface area contributed by atoms with E-state index in [0.717, 1.165) is 21.1 Å². The van der Waals surface area contributed by atoms with Gasteiger partial charge in [0.1, 0.15) is 5.75 Å². The van der Waals surface area contributed by atoms with Crippen LogP contribution in [0.1, 0.15) is 5.56 Å². The van der Waals surface area contributed by atoms with Crippen molar-refractivity contribution in [3.63, 3.8) is 0 Å². The van der Waals surface area contributed by atoms with Gasteiger partial charge >= 0.3 is 0 Å².